The summed E-state index contributed by atoms with van der Waals surface area (Å²) in [6, 6.07) is 68.1. The number of benzene rings is 8. The number of nitrogens with two attached hydrogens (primary N) is 1. The van der Waals surface area contributed by atoms with Gasteiger partial charge in [0.15, 0.2) is 0 Å². The van der Waals surface area contributed by atoms with Gasteiger partial charge in [-0.15, -0.1) is 0 Å². The van der Waals surface area contributed by atoms with Gasteiger partial charge in [-0.1, -0.05) is 196 Å². The molecular weight excluding hydrogens is 677 g/mol. The van der Waals surface area contributed by atoms with Crippen molar-refractivity contribution in [2.45, 2.75) is 31.1 Å². The summed E-state index contributed by atoms with van der Waals surface area (Å²) >= 11 is 0. The summed E-state index contributed by atoms with van der Waals surface area (Å²) < 4.78 is 0. The molecule has 0 bridgehead atoms. The van der Waals surface area contributed by atoms with Crippen LogP contribution in [0.1, 0.15) is 63.9 Å². The Morgan fingerprint density at radius 3 is 1.82 bits per heavy atom. The molecule has 0 atom stereocenters. The molecule has 2 nitrogen and oxygen atoms in total. The molecule has 2 aliphatic carbocycles. The van der Waals surface area contributed by atoms with Crippen molar-refractivity contribution in [3.63, 3.8) is 0 Å². The van der Waals surface area contributed by atoms with E-state index in [2.05, 4.69) is 178 Å². The molecule has 0 saturated carbocycles. The minimum atomic E-state index is -0.497. The first-order valence-corrected chi connectivity index (χ1v) is 19.6. The second-order valence-corrected chi connectivity index (χ2v) is 15.6. The molecule has 56 heavy (non-hydrogen) atoms. The van der Waals surface area contributed by atoms with Crippen LogP contribution in [0.15, 0.2) is 199 Å². The van der Waals surface area contributed by atoms with Gasteiger partial charge < -0.3 is 5.73 Å². The molecule has 0 radical (unpaired) electrons. The highest BCUT2D eigenvalue weighted by molar-refractivity contribution is 6.03. The summed E-state index contributed by atoms with van der Waals surface area (Å²) in [6.45, 7) is 4.69. The Balaban J connectivity index is 1.21. The molecule has 0 aromatic heterocycles. The number of rotatable bonds is 7. The van der Waals surface area contributed by atoms with Gasteiger partial charge in [0.05, 0.1) is 11.1 Å². The molecule has 2 heteroatoms. The molecule has 0 fully saturated rings. The van der Waals surface area contributed by atoms with Gasteiger partial charge in [0, 0.05) is 16.5 Å². The van der Waals surface area contributed by atoms with Crippen LogP contribution in [-0.2, 0) is 17.3 Å². The predicted molar refractivity (Wildman–Crippen MR) is 234 cm³/mol. The Morgan fingerprint density at radius 1 is 0.536 bits per heavy atom. The number of nitrogens with zero attached hydrogens (tertiary/aromatic N) is 1. The summed E-state index contributed by atoms with van der Waals surface area (Å²) in [7, 11) is 0. The van der Waals surface area contributed by atoms with E-state index in [1.165, 1.54) is 72.0 Å². The lowest BCUT2D eigenvalue weighted by atomic mass is 9.66. The van der Waals surface area contributed by atoms with Gasteiger partial charge in [0.25, 0.3) is 0 Å². The SMILES string of the molecule is CC1(C)c2cc3ccccc3cc2-c2c(C(=C/Cc3cccc4c3C(c3ccccc3)(c3ccccc3)c3ccccc3-4)/N=C(\N)c3ccccc3)cccc21. The smallest absolute Gasteiger partial charge is 0.131 e. The molecule has 268 valence electrons. The highest BCUT2D eigenvalue weighted by Crippen LogP contribution is 2.57. The van der Waals surface area contributed by atoms with Gasteiger partial charge in [-0.2, -0.15) is 0 Å². The van der Waals surface area contributed by atoms with Crippen molar-refractivity contribution in [2.24, 2.45) is 10.7 Å². The third-order valence-electron chi connectivity index (χ3n) is 12.2. The van der Waals surface area contributed by atoms with Crippen LogP contribution < -0.4 is 5.73 Å². The molecule has 0 spiro atoms. The molecule has 8 aromatic carbocycles. The molecule has 2 N–H and O–H groups in total. The second-order valence-electron chi connectivity index (χ2n) is 15.6. The standard InChI is InChI=1S/C54H42N2/c1-53(2)47-31-17-29-44(50(47)45-34-38-20-12-13-21-39(38)35-48(45)53)49(56-52(55)37-18-6-3-7-19-37)33-32-36-22-16-28-43-42-27-14-15-30-46(42)54(51(36)43,40-23-8-4-9-24-40)41-25-10-5-11-26-41/h3-31,33-35H,32H2,1-2H3,(H2,55,56)/b49-33-. The van der Waals surface area contributed by atoms with Gasteiger partial charge in [-0.25, -0.2) is 4.99 Å². The first-order chi connectivity index (χ1) is 27.5. The zero-order valence-electron chi connectivity index (χ0n) is 31.7. The summed E-state index contributed by atoms with van der Waals surface area (Å²) in [6.07, 6.45) is 2.98. The summed E-state index contributed by atoms with van der Waals surface area (Å²) in [5.74, 6) is 0.499. The Labute approximate surface area is 329 Å². The average Bonchev–Trinajstić information content (AvgIpc) is 3.68. The minimum Gasteiger partial charge on any atom is -0.383 e. The maximum absolute atomic E-state index is 6.92. The number of hydrogen-bond acceptors (Lipinski definition) is 1. The third kappa shape index (κ3) is 5.13. The zero-order valence-corrected chi connectivity index (χ0v) is 31.7. The number of hydrogen-bond donors (Lipinski definition) is 1. The first-order valence-electron chi connectivity index (χ1n) is 19.6. The van der Waals surface area contributed by atoms with Crippen LogP contribution in [-0.4, -0.2) is 5.84 Å². The molecule has 8 aromatic rings. The maximum Gasteiger partial charge on any atom is 0.131 e. The van der Waals surface area contributed by atoms with Crippen molar-refractivity contribution < 1.29 is 0 Å². The zero-order chi connectivity index (χ0) is 37.9. The van der Waals surface area contributed by atoms with Gasteiger partial charge in [-0.05, 0) is 90.5 Å². The fourth-order valence-electron chi connectivity index (χ4n) is 9.67. The molecule has 10 rings (SSSR count). The first kappa shape index (κ1) is 33.8. The Kier molecular flexibility index (Phi) is 7.97. The topological polar surface area (TPSA) is 38.4 Å². The number of amidine groups is 1. The van der Waals surface area contributed by atoms with E-state index >= 15 is 0 Å². The largest absolute Gasteiger partial charge is 0.383 e. The second kappa shape index (κ2) is 13.2. The van der Waals surface area contributed by atoms with Crippen LogP contribution in [0.3, 0.4) is 0 Å². The molecular formula is C54H42N2. The highest BCUT2D eigenvalue weighted by atomic mass is 14.9. The van der Waals surface area contributed by atoms with E-state index in [4.69, 9.17) is 10.7 Å². The summed E-state index contributed by atoms with van der Waals surface area (Å²) in [5.41, 5.74) is 23.2. The monoisotopic (exact) mass is 718 g/mol. The van der Waals surface area contributed by atoms with E-state index in [1.807, 2.05) is 30.3 Å². The highest BCUT2D eigenvalue weighted by Gasteiger charge is 2.47. The lowest BCUT2D eigenvalue weighted by molar-refractivity contribution is 0.661. The van der Waals surface area contributed by atoms with Gasteiger partial charge in [0.1, 0.15) is 5.84 Å². The van der Waals surface area contributed by atoms with E-state index < -0.39 is 5.41 Å². The molecule has 0 saturated heterocycles. The predicted octanol–water partition coefficient (Wildman–Crippen LogP) is 12.5. The van der Waals surface area contributed by atoms with E-state index in [0.29, 0.717) is 12.3 Å². The van der Waals surface area contributed by atoms with Crippen LogP contribution in [0.4, 0.5) is 0 Å². The van der Waals surface area contributed by atoms with Crippen molar-refractivity contribution in [2.75, 3.05) is 0 Å². The third-order valence-corrected chi connectivity index (χ3v) is 12.2. The Hall–Kier alpha value is -6.77. The molecule has 2 aliphatic rings. The lowest BCUT2D eigenvalue weighted by Gasteiger charge is -2.35. The lowest BCUT2D eigenvalue weighted by Crippen LogP contribution is -2.29. The molecule has 0 aliphatic heterocycles. The minimum absolute atomic E-state index is 0.179. The molecule has 0 amide bonds. The van der Waals surface area contributed by atoms with E-state index in [9.17, 15) is 0 Å². The normalized spacial score (nSPS) is 14.9. The van der Waals surface area contributed by atoms with E-state index in [0.717, 1.165) is 16.8 Å². The fourth-order valence-corrected chi connectivity index (χ4v) is 9.67. The van der Waals surface area contributed by atoms with Crippen LogP contribution in [0.2, 0.25) is 0 Å². The van der Waals surface area contributed by atoms with Gasteiger partial charge >= 0.3 is 0 Å². The Morgan fingerprint density at radius 2 is 1.11 bits per heavy atom. The van der Waals surface area contributed by atoms with Crippen molar-refractivity contribution >= 4 is 22.3 Å². The number of aliphatic imine (C=N–C) groups is 1. The quantitative estimate of drug-likeness (QED) is 0.129. The number of fused-ring (bicyclic) bond motifs is 7. The summed E-state index contributed by atoms with van der Waals surface area (Å²) in [4.78, 5) is 5.33. The van der Waals surface area contributed by atoms with Crippen molar-refractivity contribution in [3.8, 4) is 22.3 Å². The fraction of sp³-hybridized carbons (Fsp3) is 0.0926. The van der Waals surface area contributed by atoms with Crippen molar-refractivity contribution in [1.82, 2.24) is 0 Å². The van der Waals surface area contributed by atoms with Crippen LogP contribution in [0.25, 0.3) is 38.7 Å². The van der Waals surface area contributed by atoms with Crippen molar-refractivity contribution in [3.05, 3.63) is 244 Å². The summed E-state index contributed by atoms with van der Waals surface area (Å²) in [5, 5.41) is 2.50. The van der Waals surface area contributed by atoms with Crippen LogP contribution in [0, 0.1) is 0 Å². The van der Waals surface area contributed by atoms with Gasteiger partial charge in [-0.3, -0.25) is 0 Å². The Bertz CT molecular complexity index is 2810. The molecule has 0 heterocycles. The van der Waals surface area contributed by atoms with Crippen LogP contribution in [0.5, 0.6) is 0 Å². The van der Waals surface area contributed by atoms with Crippen LogP contribution >= 0.6 is 0 Å². The maximum atomic E-state index is 6.92. The molecule has 0 unspecified atom stereocenters. The van der Waals surface area contributed by atoms with Crippen molar-refractivity contribution in [1.29, 1.82) is 0 Å². The number of allylic oxidation sites excluding steroid dienone is 1. The average molecular weight is 719 g/mol. The van der Waals surface area contributed by atoms with E-state index in [1.54, 1.807) is 0 Å². The van der Waals surface area contributed by atoms with Gasteiger partial charge in [0.2, 0.25) is 0 Å². The van der Waals surface area contributed by atoms with E-state index in [-0.39, 0.29) is 5.41 Å².